The van der Waals surface area contributed by atoms with Crippen LogP contribution in [0.3, 0.4) is 0 Å². The molecule has 0 amide bonds. The molecule has 1 fully saturated rings. The van der Waals surface area contributed by atoms with Gasteiger partial charge in [-0.25, -0.2) is 0 Å². The van der Waals surface area contributed by atoms with Gasteiger partial charge in [-0.3, -0.25) is 4.98 Å². The number of methoxy groups -OCH3 is 1. The van der Waals surface area contributed by atoms with E-state index in [2.05, 4.69) is 11.1 Å². The number of ether oxygens (including phenoxy) is 1. The van der Waals surface area contributed by atoms with Gasteiger partial charge < -0.3 is 10.5 Å². The van der Waals surface area contributed by atoms with Gasteiger partial charge in [0.1, 0.15) is 0 Å². The van der Waals surface area contributed by atoms with Crippen LogP contribution < -0.4 is 5.73 Å². The maximum Gasteiger partial charge on any atom is 0.0832 e. The van der Waals surface area contributed by atoms with Crippen LogP contribution in [0.25, 0.3) is 0 Å². The van der Waals surface area contributed by atoms with Crippen molar-refractivity contribution in [2.24, 2.45) is 5.73 Å². The van der Waals surface area contributed by atoms with Crippen molar-refractivity contribution in [1.29, 1.82) is 0 Å². The van der Waals surface area contributed by atoms with Crippen LogP contribution in [0.5, 0.6) is 0 Å². The minimum absolute atomic E-state index is 0.0736. The van der Waals surface area contributed by atoms with Crippen LogP contribution in [0.4, 0.5) is 0 Å². The molecular weight excluding hydrogens is 188 g/mol. The SMILES string of the molecule is COC1(C(N)Cc2cccnc2)CCC1. The predicted octanol–water partition coefficient (Wildman–Crippen LogP) is 1.52. The molecule has 3 heteroatoms. The van der Waals surface area contributed by atoms with Crippen molar-refractivity contribution in [3.05, 3.63) is 30.1 Å². The van der Waals surface area contributed by atoms with Crippen molar-refractivity contribution in [2.45, 2.75) is 37.3 Å². The van der Waals surface area contributed by atoms with Crippen LogP contribution >= 0.6 is 0 Å². The maximum absolute atomic E-state index is 6.20. The molecule has 1 aliphatic rings. The van der Waals surface area contributed by atoms with Crippen molar-refractivity contribution in [3.63, 3.8) is 0 Å². The quantitative estimate of drug-likeness (QED) is 0.812. The second-order valence-corrected chi connectivity index (χ2v) is 4.29. The highest BCUT2D eigenvalue weighted by molar-refractivity contribution is 5.13. The topological polar surface area (TPSA) is 48.1 Å². The number of nitrogens with zero attached hydrogens (tertiary/aromatic N) is 1. The first kappa shape index (κ1) is 10.6. The van der Waals surface area contributed by atoms with Gasteiger partial charge in [-0.15, -0.1) is 0 Å². The van der Waals surface area contributed by atoms with Crippen LogP contribution in [0.1, 0.15) is 24.8 Å². The van der Waals surface area contributed by atoms with Gasteiger partial charge in [-0.1, -0.05) is 6.07 Å². The maximum atomic E-state index is 6.20. The normalized spacial score (nSPS) is 20.7. The van der Waals surface area contributed by atoms with E-state index in [1.54, 1.807) is 13.3 Å². The molecule has 1 aliphatic carbocycles. The van der Waals surface area contributed by atoms with Gasteiger partial charge in [-0.2, -0.15) is 0 Å². The number of nitrogens with two attached hydrogens (primary N) is 1. The average Bonchev–Trinajstić information content (AvgIpc) is 2.18. The lowest BCUT2D eigenvalue weighted by molar-refractivity contribution is -0.0897. The molecule has 2 rings (SSSR count). The van der Waals surface area contributed by atoms with Crippen molar-refractivity contribution in [2.75, 3.05) is 7.11 Å². The zero-order valence-corrected chi connectivity index (χ0v) is 9.15. The minimum atomic E-state index is -0.0736. The number of pyridine rings is 1. The summed E-state index contributed by atoms with van der Waals surface area (Å²) in [7, 11) is 1.77. The third-order valence-electron chi connectivity index (χ3n) is 3.46. The molecule has 0 radical (unpaired) electrons. The predicted molar refractivity (Wildman–Crippen MR) is 59.5 cm³/mol. The highest BCUT2D eigenvalue weighted by Crippen LogP contribution is 2.38. The van der Waals surface area contributed by atoms with E-state index in [-0.39, 0.29) is 11.6 Å². The summed E-state index contributed by atoms with van der Waals surface area (Å²) in [4.78, 5) is 4.09. The standard InChI is InChI=1S/C12H18N2O/c1-15-12(5-3-6-12)11(13)8-10-4-2-7-14-9-10/h2,4,7,9,11H,3,5-6,8,13H2,1H3. The van der Waals surface area contributed by atoms with Crippen molar-refractivity contribution >= 4 is 0 Å². The van der Waals surface area contributed by atoms with Crippen molar-refractivity contribution in [3.8, 4) is 0 Å². The summed E-state index contributed by atoms with van der Waals surface area (Å²) in [6, 6.07) is 4.09. The van der Waals surface area contributed by atoms with E-state index in [9.17, 15) is 0 Å². The zero-order valence-electron chi connectivity index (χ0n) is 9.15. The van der Waals surface area contributed by atoms with Gasteiger partial charge >= 0.3 is 0 Å². The van der Waals surface area contributed by atoms with Crippen LogP contribution in [-0.4, -0.2) is 23.7 Å². The first-order valence-electron chi connectivity index (χ1n) is 5.46. The third-order valence-corrected chi connectivity index (χ3v) is 3.46. The zero-order chi connectivity index (χ0) is 10.7. The Balaban J connectivity index is 2.00. The molecule has 0 spiro atoms. The Hall–Kier alpha value is -0.930. The van der Waals surface area contributed by atoms with E-state index in [1.807, 2.05) is 12.3 Å². The molecular formula is C12H18N2O. The summed E-state index contributed by atoms with van der Waals surface area (Å²) in [6.45, 7) is 0. The molecule has 15 heavy (non-hydrogen) atoms. The van der Waals surface area contributed by atoms with Crippen molar-refractivity contribution in [1.82, 2.24) is 4.98 Å². The largest absolute Gasteiger partial charge is 0.377 e. The van der Waals surface area contributed by atoms with E-state index in [4.69, 9.17) is 10.5 Å². The average molecular weight is 206 g/mol. The van der Waals surface area contributed by atoms with Crippen LogP contribution in [0.2, 0.25) is 0 Å². The summed E-state index contributed by atoms with van der Waals surface area (Å²) in [5.41, 5.74) is 7.32. The number of hydrogen-bond donors (Lipinski definition) is 1. The Bertz CT molecular complexity index is 303. The molecule has 0 aromatic carbocycles. The highest BCUT2D eigenvalue weighted by atomic mass is 16.5. The van der Waals surface area contributed by atoms with Gasteiger partial charge in [0.15, 0.2) is 0 Å². The molecule has 1 aromatic rings. The molecule has 1 saturated carbocycles. The molecule has 82 valence electrons. The number of rotatable bonds is 4. The van der Waals surface area contributed by atoms with Gasteiger partial charge in [0.05, 0.1) is 5.60 Å². The Labute approximate surface area is 90.7 Å². The molecule has 0 bridgehead atoms. The summed E-state index contributed by atoms with van der Waals surface area (Å²) in [5, 5.41) is 0. The van der Waals surface area contributed by atoms with E-state index < -0.39 is 0 Å². The smallest absolute Gasteiger partial charge is 0.0832 e. The third kappa shape index (κ3) is 2.03. The molecule has 1 unspecified atom stereocenters. The van der Waals surface area contributed by atoms with Crippen LogP contribution in [-0.2, 0) is 11.2 Å². The van der Waals surface area contributed by atoms with E-state index in [0.717, 1.165) is 19.3 Å². The molecule has 1 heterocycles. The number of aromatic nitrogens is 1. The minimum Gasteiger partial charge on any atom is -0.377 e. The van der Waals surface area contributed by atoms with Crippen LogP contribution in [0.15, 0.2) is 24.5 Å². The van der Waals surface area contributed by atoms with Gasteiger partial charge in [-0.05, 0) is 37.3 Å². The Kier molecular flexibility index (Phi) is 3.03. The van der Waals surface area contributed by atoms with E-state index in [1.165, 1.54) is 12.0 Å². The second-order valence-electron chi connectivity index (χ2n) is 4.29. The second kappa shape index (κ2) is 4.29. The lowest BCUT2D eigenvalue weighted by atomic mass is 9.73. The van der Waals surface area contributed by atoms with Gasteiger partial charge in [0.25, 0.3) is 0 Å². The van der Waals surface area contributed by atoms with Crippen LogP contribution in [0, 0.1) is 0 Å². The lowest BCUT2D eigenvalue weighted by Crippen LogP contribution is -2.55. The summed E-state index contributed by atoms with van der Waals surface area (Å²) < 4.78 is 5.56. The van der Waals surface area contributed by atoms with E-state index >= 15 is 0 Å². The molecule has 3 nitrogen and oxygen atoms in total. The summed E-state index contributed by atoms with van der Waals surface area (Å²) in [5.74, 6) is 0. The first-order valence-corrected chi connectivity index (χ1v) is 5.46. The highest BCUT2D eigenvalue weighted by Gasteiger charge is 2.42. The summed E-state index contributed by atoms with van der Waals surface area (Å²) >= 11 is 0. The molecule has 1 atom stereocenters. The van der Waals surface area contributed by atoms with Gasteiger partial charge in [0.2, 0.25) is 0 Å². The fourth-order valence-corrected chi connectivity index (χ4v) is 2.21. The Morgan fingerprint density at radius 2 is 2.40 bits per heavy atom. The fraction of sp³-hybridized carbons (Fsp3) is 0.583. The fourth-order valence-electron chi connectivity index (χ4n) is 2.21. The number of hydrogen-bond acceptors (Lipinski definition) is 3. The molecule has 1 aromatic heterocycles. The summed E-state index contributed by atoms with van der Waals surface area (Å²) in [6.07, 6.45) is 7.92. The molecule has 0 aliphatic heterocycles. The van der Waals surface area contributed by atoms with E-state index in [0.29, 0.717) is 0 Å². The molecule has 0 saturated heterocycles. The first-order chi connectivity index (χ1) is 7.27. The molecule has 2 N–H and O–H groups in total. The monoisotopic (exact) mass is 206 g/mol. The Morgan fingerprint density at radius 3 is 2.87 bits per heavy atom. The van der Waals surface area contributed by atoms with Crippen molar-refractivity contribution < 1.29 is 4.74 Å². The van der Waals surface area contributed by atoms with Gasteiger partial charge in [0, 0.05) is 25.5 Å². The lowest BCUT2D eigenvalue weighted by Gasteiger charge is -2.45. The Morgan fingerprint density at radius 1 is 1.60 bits per heavy atom.